The van der Waals surface area contributed by atoms with Gasteiger partial charge in [0.2, 0.25) is 11.8 Å². The number of nitrogens with one attached hydrogen (secondary N) is 2. The molecule has 0 bridgehead atoms. The van der Waals surface area contributed by atoms with Gasteiger partial charge < -0.3 is 10.6 Å². The quantitative estimate of drug-likeness (QED) is 0.627. The minimum absolute atomic E-state index is 0.0595. The fourth-order valence-corrected chi connectivity index (χ4v) is 2.20. The summed E-state index contributed by atoms with van der Waals surface area (Å²) in [4.78, 5) is 33.9. The van der Waals surface area contributed by atoms with E-state index in [0.29, 0.717) is 12.1 Å². The van der Waals surface area contributed by atoms with Crippen LogP contribution in [0, 0.1) is 10.1 Å². The van der Waals surface area contributed by atoms with Crippen LogP contribution in [-0.4, -0.2) is 22.8 Å². The Kier molecular flexibility index (Phi) is 5.62. The third-order valence-electron chi connectivity index (χ3n) is 3.32. The number of benzene rings is 2. The molecule has 0 radical (unpaired) electrons. The monoisotopic (exact) mass is 327 g/mol. The molecule has 0 saturated carbocycles. The first-order chi connectivity index (χ1) is 11.5. The number of rotatable bonds is 6. The Balaban J connectivity index is 2.09. The molecular formula is C17H17N3O4. The van der Waals surface area contributed by atoms with Gasteiger partial charge in [-0.1, -0.05) is 30.3 Å². The average Bonchev–Trinajstić information content (AvgIpc) is 2.55. The second-order valence-electron chi connectivity index (χ2n) is 5.24. The second kappa shape index (κ2) is 7.87. The van der Waals surface area contributed by atoms with E-state index in [1.807, 2.05) is 30.3 Å². The number of anilines is 1. The Hall–Kier alpha value is -3.22. The fraction of sp³-hybridized carbons (Fsp3) is 0.176. The van der Waals surface area contributed by atoms with Crippen molar-refractivity contribution < 1.29 is 14.5 Å². The van der Waals surface area contributed by atoms with Crippen molar-refractivity contribution in [1.82, 2.24) is 5.32 Å². The van der Waals surface area contributed by atoms with Gasteiger partial charge >= 0.3 is 0 Å². The van der Waals surface area contributed by atoms with Crippen molar-refractivity contribution in [2.75, 3.05) is 5.32 Å². The summed E-state index contributed by atoms with van der Waals surface area (Å²) in [6.45, 7) is 1.34. The first-order valence-corrected chi connectivity index (χ1v) is 7.32. The Morgan fingerprint density at radius 3 is 2.25 bits per heavy atom. The van der Waals surface area contributed by atoms with Gasteiger partial charge in [0.05, 0.1) is 4.92 Å². The van der Waals surface area contributed by atoms with Gasteiger partial charge in [0.25, 0.3) is 5.69 Å². The number of nitrogens with zero attached hydrogens (tertiary/aromatic N) is 1. The van der Waals surface area contributed by atoms with E-state index in [-0.39, 0.29) is 17.5 Å². The number of nitro groups is 1. The highest BCUT2D eigenvalue weighted by Crippen LogP contribution is 2.16. The van der Waals surface area contributed by atoms with Crippen molar-refractivity contribution in [3.8, 4) is 0 Å². The van der Waals surface area contributed by atoms with Crippen molar-refractivity contribution in [2.24, 2.45) is 0 Å². The van der Waals surface area contributed by atoms with E-state index in [2.05, 4.69) is 10.6 Å². The van der Waals surface area contributed by atoms with Crippen molar-refractivity contribution in [1.29, 1.82) is 0 Å². The van der Waals surface area contributed by atoms with Crippen LogP contribution in [0.4, 0.5) is 11.4 Å². The molecule has 1 atom stereocenters. The normalized spacial score (nSPS) is 11.4. The minimum Gasteiger partial charge on any atom is -0.344 e. The SMILES string of the molecule is CC(=O)N[C@@H](Cc1ccccc1)C(=O)Nc1ccc([N+](=O)[O-])cc1. The summed E-state index contributed by atoms with van der Waals surface area (Å²) < 4.78 is 0. The van der Waals surface area contributed by atoms with E-state index in [9.17, 15) is 19.7 Å². The summed E-state index contributed by atoms with van der Waals surface area (Å²) in [5, 5.41) is 15.9. The Morgan fingerprint density at radius 1 is 1.08 bits per heavy atom. The molecule has 0 aliphatic rings. The van der Waals surface area contributed by atoms with Gasteiger partial charge in [-0.3, -0.25) is 19.7 Å². The topological polar surface area (TPSA) is 101 Å². The molecular weight excluding hydrogens is 310 g/mol. The average molecular weight is 327 g/mol. The molecule has 0 saturated heterocycles. The van der Waals surface area contributed by atoms with Crippen LogP contribution in [0.5, 0.6) is 0 Å². The molecule has 0 aliphatic carbocycles. The van der Waals surface area contributed by atoms with Crippen LogP contribution in [0.2, 0.25) is 0 Å². The van der Waals surface area contributed by atoms with Crippen molar-refractivity contribution >= 4 is 23.2 Å². The highest BCUT2D eigenvalue weighted by atomic mass is 16.6. The molecule has 2 aromatic rings. The third-order valence-corrected chi connectivity index (χ3v) is 3.32. The molecule has 2 amide bonds. The van der Waals surface area contributed by atoms with Gasteiger partial charge in [-0.25, -0.2) is 0 Å². The lowest BCUT2D eigenvalue weighted by Crippen LogP contribution is -2.44. The van der Waals surface area contributed by atoms with Crippen LogP contribution in [0.25, 0.3) is 0 Å². The first kappa shape index (κ1) is 17.1. The number of nitro benzene ring substituents is 1. The minimum atomic E-state index is -0.736. The molecule has 0 aromatic heterocycles. The number of hydrogen-bond donors (Lipinski definition) is 2. The van der Waals surface area contributed by atoms with Gasteiger partial charge in [0, 0.05) is 31.2 Å². The van der Waals surface area contributed by atoms with Gasteiger partial charge in [-0.05, 0) is 17.7 Å². The highest BCUT2D eigenvalue weighted by molar-refractivity contribution is 5.97. The van der Waals surface area contributed by atoms with Gasteiger partial charge in [0.1, 0.15) is 6.04 Å². The molecule has 0 spiro atoms. The van der Waals surface area contributed by atoms with E-state index < -0.39 is 11.0 Å². The Bertz CT molecular complexity index is 729. The number of hydrogen-bond acceptors (Lipinski definition) is 4. The summed E-state index contributed by atoms with van der Waals surface area (Å²) >= 11 is 0. The summed E-state index contributed by atoms with van der Waals surface area (Å²) in [6.07, 6.45) is 0.346. The molecule has 0 heterocycles. The van der Waals surface area contributed by atoms with Crippen LogP contribution in [0.15, 0.2) is 54.6 Å². The van der Waals surface area contributed by atoms with Crippen LogP contribution < -0.4 is 10.6 Å². The zero-order chi connectivity index (χ0) is 17.5. The predicted molar refractivity (Wildman–Crippen MR) is 89.5 cm³/mol. The number of non-ortho nitro benzene ring substituents is 1. The number of carbonyl (C=O) groups excluding carboxylic acids is 2. The summed E-state index contributed by atoms with van der Waals surface area (Å²) in [7, 11) is 0. The lowest BCUT2D eigenvalue weighted by molar-refractivity contribution is -0.384. The van der Waals surface area contributed by atoms with E-state index in [1.165, 1.54) is 31.2 Å². The smallest absolute Gasteiger partial charge is 0.269 e. The van der Waals surface area contributed by atoms with Gasteiger partial charge in [-0.2, -0.15) is 0 Å². The maximum absolute atomic E-state index is 12.4. The number of carbonyl (C=O) groups is 2. The first-order valence-electron chi connectivity index (χ1n) is 7.32. The molecule has 24 heavy (non-hydrogen) atoms. The maximum Gasteiger partial charge on any atom is 0.269 e. The maximum atomic E-state index is 12.4. The Labute approximate surface area is 138 Å². The molecule has 2 N–H and O–H groups in total. The van der Waals surface area contributed by atoms with E-state index in [4.69, 9.17) is 0 Å². The molecule has 7 heteroatoms. The predicted octanol–water partition coefficient (Wildman–Crippen LogP) is 2.28. The van der Waals surface area contributed by atoms with Gasteiger partial charge in [-0.15, -0.1) is 0 Å². The van der Waals surface area contributed by atoms with Crippen LogP contribution in [0.1, 0.15) is 12.5 Å². The van der Waals surface area contributed by atoms with Crippen LogP contribution >= 0.6 is 0 Å². The van der Waals surface area contributed by atoms with E-state index >= 15 is 0 Å². The summed E-state index contributed by atoms with van der Waals surface area (Å²) in [6, 6.07) is 14.1. The Morgan fingerprint density at radius 2 is 1.71 bits per heavy atom. The molecule has 0 unspecified atom stereocenters. The van der Waals surface area contributed by atoms with Crippen molar-refractivity contribution in [3.63, 3.8) is 0 Å². The zero-order valence-electron chi connectivity index (χ0n) is 13.1. The molecule has 0 fully saturated rings. The van der Waals surface area contributed by atoms with Crippen LogP contribution in [0.3, 0.4) is 0 Å². The zero-order valence-corrected chi connectivity index (χ0v) is 13.1. The lowest BCUT2D eigenvalue weighted by atomic mass is 10.1. The molecule has 124 valence electrons. The summed E-state index contributed by atoms with van der Waals surface area (Å²) in [5.74, 6) is -0.697. The number of amides is 2. The molecule has 2 rings (SSSR count). The summed E-state index contributed by atoms with van der Waals surface area (Å²) in [5.41, 5.74) is 1.28. The van der Waals surface area contributed by atoms with Crippen molar-refractivity contribution in [2.45, 2.75) is 19.4 Å². The molecule has 7 nitrogen and oxygen atoms in total. The van der Waals surface area contributed by atoms with E-state index in [0.717, 1.165) is 5.56 Å². The third kappa shape index (κ3) is 4.91. The van der Waals surface area contributed by atoms with E-state index in [1.54, 1.807) is 0 Å². The largest absolute Gasteiger partial charge is 0.344 e. The fourth-order valence-electron chi connectivity index (χ4n) is 2.20. The molecule has 0 aliphatic heterocycles. The lowest BCUT2D eigenvalue weighted by Gasteiger charge is -2.17. The standard InChI is InChI=1S/C17H17N3O4/c1-12(21)18-16(11-13-5-3-2-4-6-13)17(22)19-14-7-9-15(10-8-14)20(23)24/h2-10,16H,11H2,1H3,(H,18,21)(H,19,22)/t16-/m0/s1. The van der Waals surface area contributed by atoms with Crippen molar-refractivity contribution in [3.05, 3.63) is 70.3 Å². The highest BCUT2D eigenvalue weighted by Gasteiger charge is 2.20. The second-order valence-corrected chi connectivity index (χ2v) is 5.24. The molecule has 2 aromatic carbocycles. The van der Waals surface area contributed by atoms with Crippen LogP contribution in [-0.2, 0) is 16.0 Å². The van der Waals surface area contributed by atoms with Gasteiger partial charge in [0.15, 0.2) is 0 Å².